The van der Waals surface area contributed by atoms with Gasteiger partial charge < -0.3 is 10.2 Å². The Hall–Kier alpha value is -0.340. The normalized spacial score (nSPS) is 39.1. The van der Waals surface area contributed by atoms with Gasteiger partial charge >= 0.3 is 0 Å². The molecule has 0 spiro atoms. The second kappa shape index (κ2) is 3.58. The summed E-state index contributed by atoms with van der Waals surface area (Å²) in [7, 11) is 0. The van der Waals surface area contributed by atoms with Crippen LogP contribution in [0, 0.1) is 23.7 Å². The summed E-state index contributed by atoms with van der Waals surface area (Å²) in [6.45, 7) is 7.52. The molecule has 0 aromatic rings. The molecule has 0 aromatic heterocycles. The van der Waals surface area contributed by atoms with E-state index < -0.39 is 11.2 Å². The molecule has 4 atom stereocenters. The topological polar surface area (TPSA) is 40.5 Å². The smallest absolute Gasteiger partial charge is 0.0629 e. The van der Waals surface area contributed by atoms with Gasteiger partial charge in [0.25, 0.3) is 0 Å². The van der Waals surface area contributed by atoms with E-state index in [-0.39, 0.29) is 11.8 Å². The zero-order valence-electron chi connectivity index (χ0n) is 10.8. The minimum atomic E-state index is -0.710. The molecule has 92 valence electrons. The maximum absolute atomic E-state index is 10.4. The van der Waals surface area contributed by atoms with Crippen molar-refractivity contribution in [3.05, 3.63) is 12.2 Å². The highest BCUT2D eigenvalue weighted by Gasteiger charge is 2.51. The molecule has 3 rings (SSSR count). The van der Waals surface area contributed by atoms with Gasteiger partial charge in [0.2, 0.25) is 0 Å². The molecule has 16 heavy (non-hydrogen) atoms. The van der Waals surface area contributed by atoms with Crippen molar-refractivity contribution in [2.24, 2.45) is 23.7 Å². The summed E-state index contributed by atoms with van der Waals surface area (Å²) in [5.74, 6) is 1.22. The van der Waals surface area contributed by atoms with E-state index in [1.165, 1.54) is 0 Å². The fourth-order valence-electron chi connectivity index (χ4n) is 3.92. The Morgan fingerprint density at radius 3 is 1.31 bits per heavy atom. The fourth-order valence-corrected chi connectivity index (χ4v) is 3.92. The largest absolute Gasteiger partial charge is 0.390 e. The van der Waals surface area contributed by atoms with E-state index in [1.807, 2.05) is 27.7 Å². The zero-order valence-corrected chi connectivity index (χ0v) is 10.8. The molecule has 0 aliphatic heterocycles. The van der Waals surface area contributed by atoms with Gasteiger partial charge in [0.1, 0.15) is 0 Å². The Morgan fingerprint density at radius 1 is 0.812 bits per heavy atom. The maximum atomic E-state index is 10.4. The first-order chi connectivity index (χ1) is 7.21. The lowest BCUT2D eigenvalue weighted by Gasteiger charge is -2.53. The monoisotopic (exact) mass is 224 g/mol. The third-order valence-corrected chi connectivity index (χ3v) is 4.38. The molecular formula is C14H24O2. The number of hydrogen-bond donors (Lipinski definition) is 2. The molecule has 1 fully saturated rings. The zero-order chi connectivity index (χ0) is 12.1. The first-order valence-electron chi connectivity index (χ1n) is 6.34. The first-order valence-corrected chi connectivity index (χ1v) is 6.34. The third kappa shape index (κ3) is 1.93. The summed E-state index contributed by atoms with van der Waals surface area (Å²) in [6.07, 6.45) is 6.81. The molecule has 0 amide bonds. The van der Waals surface area contributed by atoms with Crippen LogP contribution in [0.15, 0.2) is 12.2 Å². The Balaban J connectivity index is 2.37. The summed E-state index contributed by atoms with van der Waals surface area (Å²) in [5, 5.41) is 20.7. The van der Waals surface area contributed by atoms with E-state index in [0.29, 0.717) is 11.8 Å². The first kappa shape index (κ1) is 12.1. The lowest BCUT2D eigenvalue weighted by Crippen LogP contribution is -2.55. The van der Waals surface area contributed by atoms with Gasteiger partial charge in [-0.2, -0.15) is 0 Å². The van der Waals surface area contributed by atoms with Crippen molar-refractivity contribution in [3.63, 3.8) is 0 Å². The quantitative estimate of drug-likeness (QED) is 0.707. The van der Waals surface area contributed by atoms with Gasteiger partial charge in [-0.25, -0.2) is 0 Å². The summed E-state index contributed by atoms with van der Waals surface area (Å²) in [4.78, 5) is 0. The SMILES string of the molecule is CC(C)(O)[C@@H]1[C@@H](C(C)(C)O)[C@H]2C=C[C@@H]1CC2. The standard InChI is InChI=1S/C14H24O2/c1-13(2,15)11-9-5-7-10(8-6-9)12(11)14(3,4)16/h5,7,9-12,15-16H,6,8H2,1-4H3/t9-,10+,11-,12-/m0/s1. The van der Waals surface area contributed by atoms with Crippen molar-refractivity contribution in [1.82, 2.24) is 0 Å². The van der Waals surface area contributed by atoms with Gasteiger partial charge in [-0.15, -0.1) is 0 Å². The number of hydrogen-bond acceptors (Lipinski definition) is 2. The van der Waals surface area contributed by atoms with Crippen molar-refractivity contribution in [1.29, 1.82) is 0 Å². The van der Waals surface area contributed by atoms with Crippen LogP contribution in [0.2, 0.25) is 0 Å². The van der Waals surface area contributed by atoms with E-state index in [4.69, 9.17) is 0 Å². The second-order valence-electron chi connectivity index (χ2n) is 6.65. The van der Waals surface area contributed by atoms with Gasteiger partial charge in [-0.3, -0.25) is 0 Å². The summed E-state index contributed by atoms with van der Waals surface area (Å²) in [5.41, 5.74) is -1.42. The molecule has 1 saturated carbocycles. The van der Waals surface area contributed by atoms with Crippen LogP contribution >= 0.6 is 0 Å². The predicted octanol–water partition coefficient (Wildman–Crippen LogP) is 2.36. The summed E-state index contributed by atoms with van der Waals surface area (Å²) < 4.78 is 0. The number of rotatable bonds is 2. The predicted molar refractivity (Wildman–Crippen MR) is 64.9 cm³/mol. The Labute approximate surface area is 98.4 Å². The van der Waals surface area contributed by atoms with Crippen LogP contribution in [0.1, 0.15) is 40.5 Å². The van der Waals surface area contributed by atoms with Crippen molar-refractivity contribution < 1.29 is 10.2 Å². The molecule has 2 nitrogen and oxygen atoms in total. The second-order valence-corrected chi connectivity index (χ2v) is 6.65. The third-order valence-electron chi connectivity index (χ3n) is 4.38. The van der Waals surface area contributed by atoms with Crippen LogP contribution in [0.4, 0.5) is 0 Å². The van der Waals surface area contributed by atoms with Crippen LogP contribution in [-0.2, 0) is 0 Å². The van der Waals surface area contributed by atoms with Crippen molar-refractivity contribution in [2.45, 2.75) is 51.7 Å². The molecule has 0 unspecified atom stereocenters. The van der Waals surface area contributed by atoms with Crippen molar-refractivity contribution >= 4 is 0 Å². The van der Waals surface area contributed by atoms with Crippen molar-refractivity contribution in [2.75, 3.05) is 0 Å². The van der Waals surface area contributed by atoms with E-state index in [1.54, 1.807) is 0 Å². The van der Waals surface area contributed by atoms with Gasteiger partial charge in [0.05, 0.1) is 11.2 Å². The van der Waals surface area contributed by atoms with Crippen LogP contribution in [-0.4, -0.2) is 21.4 Å². The molecule has 3 aliphatic carbocycles. The van der Waals surface area contributed by atoms with Crippen LogP contribution in [0.5, 0.6) is 0 Å². The highest BCUT2D eigenvalue weighted by molar-refractivity contribution is 5.15. The lowest BCUT2D eigenvalue weighted by atomic mass is 9.54. The molecule has 2 bridgehead atoms. The molecule has 2 heteroatoms. The molecule has 0 heterocycles. The fraction of sp³-hybridized carbons (Fsp3) is 0.857. The molecule has 2 N–H and O–H groups in total. The van der Waals surface area contributed by atoms with Crippen LogP contribution in [0.3, 0.4) is 0 Å². The minimum absolute atomic E-state index is 0.177. The molecule has 0 radical (unpaired) electrons. The van der Waals surface area contributed by atoms with Gasteiger partial charge in [-0.1, -0.05) is 12.2 Å². The lowest BCUT2D eigenvalue weighted by molar-refractivity contribution is -0.131. The molecule has 0 saturated heterocycles. The Kier molecular flexibility index (Phi) is 2.71. The molecular weight excluding hydrogens is 200 g/mol. The Bertz CT molecular complexity index is 263. The number of fused-ring (bicyclic) bond motifs is 2. The van der Waals surface area contributed by atoms with Crippen LogP contribution in [0.25, 0.3) is 0 Å². The Morgan fingerprint density at radius 2 is 1.12 bits per heavy atom. The average Bonchev–Trinajstić information content (AvgIpc) is 2.15. The van der Waals surface area contributed by atoms with Crippen LogP contribution < -0.4 is 0 Å². The summed E-state index contributed by atoms with van der Waals surface area (Å²) >= 11 is 0. The number of aliphatic hydroxyl groups is 2. The number of allylic oxidation sites excluding steroid dienone is 2. The van der Waals surface area contributed by atoms with Gasteiger partial charge in [0.15, 0.2) is 0 Å². The van der Waals surface area contributed by atoms with Crippen molar-refractivity contribution in [3.8, 4) is 0 Å². The highest BCUT2D eigenvalue weighted by atomic mass is 16.3. The summed E-state index contributed by atoms with van der Waals surface area (Å²) in [6, 6.07) is 0. The maximum Gasteiger partial charge on any atom is 0.0629 e. The molecule has 3 aliphatic rings. The van der Waals surface area contributed by atoms with E-state index >= 15 is 0 Å². The highest BCUT2D eigenvalue weighted by Crippen LogP contribution is 2.52. The minimum Gasteiger partial charge on any atom is -0.390 e. The van der Waals surface area contributed by atoms with E-state index in [9.17, 15) is 10.2 Å². The van der Waals surface area contributed by atoms with E-state index in [0.717, 1.165) is 12.8 Å². The van der Waals surface area contributed by atoms with E-state index in [2.05, 4.69) is 12.2 Å². The van der Waals surface area contributed by atoms with Gasteiger partial charge in [0, 0.05) is 0 Å². The molecule has 0 aromatic carbocycles. The average molecular weight is 224 g/mol. The van der Waals surface area contributed by atoms with Gasteiger partial charge in [-0.05, 0) is 64.2 Å².